The first-order valence-electron chi connectivity index (χ1n) is 11.2. The average Bonchev–Trinajstić information content (AvgIpc) is 3.38. The molecule has 0 radical (unpaired) electrons. The number of carbonyl (C=O) groups excluding carboxylic acids is 2. The Hall–Kier alpha value is -4.87. The topological polar surface area (TPSA) is 157 Å². The first kappa shape index (κ1) is 24.3. The molecule has 0 aliphatic carbocycles. The molecule has 0 unspecified atom stereocenters. The van der Waals surface area contributed by atoms with Crippen LogP contribution in [0, 0.1) is 0 Å². The number of anilines is 1. The Bertz CT molecular complexity index is 1380. The molecule has 36 heavy (non-hydrogen) atoms. The van der Waals surface area contributed by atoms with E-state index in [4.69, 9.17) is 4.74 Å². The molecule has 0 fully saturated rings. The minimum absolute atomic E-state index is 0.0678. The largest absolute Gasteiger partial charge is 0.450 e. The van der Waals surface area contributed by atoms with Gasteiger partial charge in [0.2, 0.25) is 5.91 Å². The maximum Gasteiger partial charge on any atom is 0.411 e. The molecule has 0 atom stereocenters. The molecular formula is C24H24N8O4. The molecule has 0 aliphatic rings. The summed E-state index contributed by atoms with van der Waals surface area (Å²) in [7, 11) is 0. The smallest absolute Gasteiger partial charge is 0.411 e. The fourth-order valence-electron chi connectivity index (χ4n) is 3.38. The van der Waals surface area contributed by atoms with E-state index in [9.17, 15) is 14.4 Å². The molecule has 184 valence electrons. The average molecular weight is 489 g/mol. The second-order valence-corrected chi connectivity index (χ2v) is 7.76. The van der Waals surface area contributed by atoms with Gasteiger partial charge < -0.3 is 10.1 Å². The quantitative estimate of drug-likeness (QED) is 0.322. The normalized spacial score (nSPS) is 10.6. The van der Waals surface area contributed by atoms with Crippen molar-refractivity contribution in [2.75, 3.05) is 11.9 Å². The van der Waals surface area contributed by atoms with Gasteiger partial charge in [0.1, 0.15) is 0 Å². The lowest BCUT2D eigenvalue weighted by Gasteiger charge is -2.10. The highest BCUT2D eigenvalue weighted by Crippen LogP contribution is 2.17. The van der Waals surface area contributed by atoms with Crippen LogP contribution < -0.4 is 16.2 Å². The number of H-pyrrole nitrogens is 1. The van der Waals surface area contributed by atoms with E-state index in [-0.39, 0.29) is 31.0 Å². The molecule has 4 aromatic rings. The van der Waals surface area contributed by atoms with E-state index < -0.39 is 6.09 Å². The van der Waals surface area contributed by atoms with Gasteiger partial charge in [-0.05, 0) is 46.7 Å². The number of nitrogens with zero attached hydrogens (tertiary/aromatic N) is 5. The fourth-order valence-corrected chi connectivity index (χ4v) is 3.38. The molecule has 4 rings (SSSR count). The Morgan fingerprint density at radius 1 is 1.06 bits per heavy atom. The van der Waals surface area contributed by atoms with E-state index in [1.54, 1.807) is 31.2 Å². The van der Waals surface area contributed by atoms with Crippen LogP contribution in [0.15, 0.2) is 65.5 Å². The van der Waals surface area contributed by atoms with Gasteiger partial charge in [0.05, 0.1) is 25.3 Å². The number of aromatic amines is 1. The molecule has 0 spiro atoms. The second-order valence-electron chi connectivity index (χ2n) is 7.76. The highest BCUT2D eigenvalue weighted by Gasteiger charge is 2.09. The number of rotatable bonds is 9. The highest BCUT2D eigenvalue weighted by molar-refractivity contribution is 5.84. The summed E-state index contributed by atoms with van der Waals surface area (Å²) < 4.78 is 6.26. The summed E-state index contributed by atoms with van der Waals surface area (Å²) in [6, 6.07) is 17.8. The van der Waals surface area contributed by atoms with Gasteiger partial charge in [0.25, 0.3) is 5.56 Å². The third kappa shape index (κ3) is 6.59. The van der Waals surface area contributed by atoms with E-state index in [0.29, 0.717) is 23.8 Å². The van der Waals surface area contributed by atoms with Crippen molar-refractivity contribution in [2.24, 2.45) is 0 Å². The molecule has 0 bridgehead atoms. The lowest BCUT2D eigenvalue weighted by molar-refractivity contribution is -0.120. The maximum atomic E-state index is 12.4. The lowest BCUT2D eigenvalue weighted by Crippen LogP contribution is -2.25. The Balaban J connectivity index is 1.41. The number of carbonyl (C=O) groups is 2. The zero-order valence-corrected chi connectivity index (χ0v) is 19.5. The van der Waals surface area contributed by atoms with Crippen molar-refractivity contribution in [3.8, 4) is 11.3 Å². The molecule has 2 amide bonds. The van der Waals surface area contributed by atoms with Crippen LogP contribution in [-0.4, -0.2) is 49.0 Å². The molecule has 12 heteroatoms. The predicted molar refractivity (Wildman–Crippen MR) is 130 cm³/mol. The van der Waals surface area contributed by atoms with E-state index in [0.717, 1.165) is 16.7 Å². The summed E-state index contributed by atoms with van der Waals surface area (Å²) >= 11 is 0. The van der Waals surface area contributed by atoms with E-state index in [2.05, 4.69) is 36.4 Å². The molecule has 12 nitrogen and oxygen atoms in total. The Morgan fingerprint density at radius 3 is 2.64 bits per heavy atom. The standard InChI is InChI=1S/C24H24N8O4/c1-2-36-24(35)26-19-5-3-4-17(12-19)15-32-23(34)11-10-20(29-32)18-8-6-16(7-9-18)14-25-22(33)13-21-27-30-31-28-21/h3-12H,2,13-15H2,1H3,(H,25,33)(H,26,35)(H,27,28,30,31). The minimum Gasteiger partial charge on any atom is -0.450 e. The van der Waals surface area contributed by atoms with Crippen LogP contribution in [0.5, 0.6) is 0 Å². The summed E-state index contributed by atoms with van der Waals surface area (Å²) in [6.45, 7) is 2.58. The van der Waals surface area contributed by atoms with E-state index in [1.165, 1.54) is 10.7 Å². The van der Waals surface area contributed by atoms with Crippen molar-refractivity contribution in [1.82, 2.24) is 35.7 Å². The Labute approximate surface area is 205 Å². The number of benzene rings is 2. The summed E-state index contributed by atoms with van der Waals surface area (Å²) in [5, 5.41) is 23.1. The molecule has 0 saturated heterocycles. The molecular weight excluding hydrogens is 464 g/mol. The van der Waals surface area contributed by atoms with Crippen molar-refractivity contribution in [1.29, 1.82) is 0 Å². The molecule has 0 saturated carbocycles. The molecule has 2 heterocycles. The van der Waals surface area contributed by atoms with Gasteiger partial charge in [-0.25, -0.2) is 14.6 Å². The van der Waals surface area contributed by atoms with Crippen LogP contribution in [0.3, 0.4) is 0 Å². The number of tetrazole rings is 1. The summed E-state index contributed by atoms with van der Waals surface area (Å²) in [4.78, 5) is 36.1. The third-order valence-electron chi connectivity index (χ3n) is 5.10. The third-order valence-corrected chi connectivity index (χ3v) is 5.10. The van der Waals surface area contributed by atoms with Crippen molar-refractivity contribution in [2.45, 2.75) is 26.4 Å². The monoisotopic (exact) mass is 488 g/mol. The number of hydrogen-bond donors (Lipinski definition) is 3. The van der Waals surface area contributed by atoms with E-state index >= 15 is 0 Å². The number of nitrogens with one attached hydrogen (secondary N) is 3. The van der Waals surface area contributed by atoms with Crippen LogP contribution in [0.25, 0.3) is 11.3 Å². The van der Waals surface area contributed by atoms with Gasteiger partial charge in [-0.1, -0.05) is 36.4 Å². The predicted octanol–water partition coefficient (Wildman–Crippen LogP) is 1.90. The van der Waals surface area contributed by atoms with Crippen LogP contribution in [0.4, 0.5) is 10.5 Å². The van der Waals surface area contributed by atoms with Gasteiger partial charge >= 0.3 is 6.09 Å². The van der Waals surface area contributed by atoms with E-state index in [1.807, 2.05) is 30.3 Å². The lowest BCUT2D eigenvalue weighted by atomic mass is 10.1. The SMILES string of the molecule is CCOC(=O)Nc1cccc(Cn2nc(-c3ccc(CNC(=O)Cc4nnn[nH]4)cc3)ccc2=O)c1. The van der Waals surface area contributed by atoms with Gasteiger partial charge in [0.15, 0.2) is 5.82 Å². The van der Waals surface area contributed by atoms with Gasteiger partial charge in [-0.15, -0.1) is 5.10 Å². The number of aromatic nitrogens is 6. The highest BCUT2D eigenvalue weighted by atomic mass is 16.5. The maximum absolute atomic E-state index is 12.4. The van der Waals surface area contributed by atoms with Crippen molar-refractivity contribution in [3.63, 3.8) is 0 Å². The minimum atomic E-state index is -0.540. The van der Waals surface area contributed by atoms with Gasteiger partial charge in [-0.3, -0.25) is 14.9 Å². The first-order valence-corrected chi connectivity index (χ1v) is 11.2. The summed E-state index contributed by atoms with van der Waals surface area (Å²) in [5.74, 6) is 0.193. The zero-order valence-electron chi connectivity index (χ0n) is 19.5. The number of hydrogen-bond acceptors (Lipinski definition) is 8. The molecule has 2 aromatic carbocycles. The second kappa shape index (κ2) is 11.5. The zero-order chi connectivity index (χ0) is 25.3. The Kier molecular flexibility index (Phi) is 7.76. The van der Waals surface area contributed by atoms with Crippen LogP contribution in [-0.2, 0) is 29.0 Å². The molecule has 2 aromatic heterocycles. The fraction of sp³-hybridized carbons (Fsp3) is 0.208. The molecule has 3 N–H and O–H groups in total. The summed E-state index contributed by atoms with van der Waals surface area (Å²) in [5.41, 5.74) is 3.47. The van der Waals surface area contributed by atoms with Crippen molar-refractivity contribution in [3.05, 3.63) is 88.0 Å². The van der Waals surface area contributed by atoms with Crippen LogP contribution in [0.2, 0.25) is 0 Å². The van der Waals surface area contributed by atoms with Crippen molar-refractivity contribution >= 4 is 17.7 Å². The Morgan fingerprint density at radius 2 is 1.89 bits per heavy atom. The van der Waals surface area contributed by atoms with Crippen LogP contribution >= 0.6 is 0 Å². The number of ether oxygens (including phenoxy) is 1. The van der Waals surface area contributed by atoms with Gasteiger partial charge in [-0.2, -0.15) is 5.10 Å². The van der Waals surface area contributed by atoms with Crippen molar-refractivity contribution < 1.29 is 14.3 Å². The van der Waals surface area contributed by atoms with Gasteiger partial charge in [0, 0.05) is 23.9 Å². The number of amides is 2. The first-order chi connectivity index (χ1) is 17.5. The molecule has 0 aliphatic heterocycles. The summed E-state index contributed by atoms with van der Waals surface area (Å²) in [6.07, 6.45) is -0.472. The van der Waals surface area contributed by atoms with Crippen LogP contribution in [0.1, 0.15) is 23.9 Å².